The van der Waals surface area contributed by atoms with Crippen molar-refractivity contribution in [2.24, 2.45) is 5.92 Å². The summed E-state index contributed by atoms with van der Waals surface area (Å²) in [7, 11) is 1.96. The summed E-state index contributed by atoms with van der Waals surface area (Å²) in [5.74, 6) is 0.297. The summed E-state index contributed by atoms with van der Waals surface area (Å²) in [5.41, 5.74) is -0.144. The van der Waals surface area contributed by atoms with E-state index in [2.05, 4.69) is 17.1 Å². The average Bonchev–Trinajstić information content (AvgIpc) is 3.35. The van der Waals surface area contributed by atoms with Crippen molar-refractivity contribution in [3.8, 4) is 0 Å². The lowest BCUT2D eigenvalue weighted by molar-refractivity contribution is -0.205. The number of aliphatic hydroxyl groups excluding tert-OH is 3. The molecule has 1 aromatic carbocycles. The Morgan fingerprint density at radius 3 is 2.41 bits per heavy atom. The van der Waals surface area contributed by atoms with E-state index in [1.807, 2.05) is 26.1 Å². The van der Waals surface area contributed by atoms with E-state index in [1.165, 1.54) is 23.5 Å². The van der Waals surface area contributed by atoms with Crippen molar-refractivity contribution in [2.45, 2.75) is 85.2 Å². The van der Waals surface area contributed by atoms with Gasteiger partial charge in [-0.3, -0.25) is 14.5 Å². The summed E-state index contributed by atoms with van der Waals surface area (Å²) in [4.78, 5) is 31.2. The molecule has 0 aromatic heterocycles. The quantitative estimate of drug-likeness (QED) is 0.288. The molecule has 0 bridgehead atoms. The minimum Gasteiger partial charge on any atom is -0.388 e. The first kappa shape index (κ1) is 32.5. The zero-order valence-corrected chi connectivity index (χ0v) is 26.0. The standard InChI is InChI=1S/C29H45N3O7S2/c1-5-6-18-15-21(31(3)16-18)27(36)30-22(26-24(34)23(33)25(35)29(39-26)40-4)17(2)41-20-9-7-19(8-10-20)28(37)32-11-13-38-14-12-32/h7-10,17-18,21-26,29,33-35H,5-6,11-16H2,1-4H3,(H,30,36)/t17-,18+,21-,22+,23-,24+,25+,26+,29+/m0/s1. The Hall–Kier alpha value is -1.38. The van der Waals surface area contributed by atoms with E-state index in [4.69, 9.17) is 9.47 Å². The van der Waals surface area contributed by atoms with Crippen molar-refractivity contribution in [2.75, 3.05) is 46.2 Å². The highest BCUT2D eigenvalue weighted by atomic mass is 32.2. The van der Waals surface area contributed by atoms with Gasteiger partial charge in [-0.1, -0.05) is 20.3 Å². The number of rotatable bonds is 10. The molecule has 4 N–H and O–H groups in total. The number of thioether (sulfide) groups is 2. The molecule has 0 unspecified atom stereocenters. The van der Waals surface area contributed by atoms with Gasteiger partial charge in [0, 0.05) is 35.3 Å². The number of morpholine rings is 1. The van der Waals surface area contributed by atoms with Gasteiger partial charge in [-0.2, -0.15) is 0 Å². The van der Waals surface area contributed by atoms with Gasteiger partial charge in [0.25, 0.3) is 5.91 Å². The van der Waals surface area contributed by atoms with Crippen LogP contribution in [0, 0.1) is 5.92 Å². The Bertz CT molecular complexity index is 1010. The van der Waals surface area contributed by atoms with Crippen molar-refractivity contribution >= 4 is 35.3 Å². The Kier molecular flexibility index (Phi) is 11.8. The molecule has 230 valence electrons. The lowest BCUT2D eigenvalue weighted by atomic mass is 9.92. The van der Waals surface area contributed by atoms with Gasteiger partial charge < -0.3 is 35.0 Å². The number of likely N-dealkylation sites (N-methyl/N-ethyl adjacent to an activating group) is 1. The van der Waals surface area contributed by atoms with Gasteiger partial charge in [-0.15, -0.1) is 23.5 Å². The molecule has 10 nitrogen and oxygen atoms in total. The number of carbonyl (C=O) groups excluding carboxylic acids is 2. The number of hydrogen-bond acceptors (Lipinski definition) is 10. The molecule has 12 heteroatoms. The van der Waals surface area contributed by atoms with Crippen molar-refractivity contribution in [1.29, 1.82) is 0 Å². The first-order valence-corrected chi connectivity index (χ1v) is 16.7. The minimum absolute atomic E-state index is 0.0283. The lowest BCUT2D eigenvalue weighted by Gasteiger charge is -2.44. The number of amides is 2. The Morgan fingerprint density at radius 1 is 1.10 bits per heavy atom. The highest BCUT2D eigenvalue weighted by molar-refractivity contribution is 8.00. The second-order valence-electron chi connectivity index (χ2n) is 11.3. The molecule has 3 fully saturated rings. The van der Waals surface area contributed by atoms with Crippen LogP contribution >= 0.6 is 23.5 Å². The first-order valence-electron chi connectivity index (χ1n) is 14.5. The largest absolute Gasteiger partial charge is 0.388 e. The predicted molar refractivity (Wildman–Crippen MR) is 160 cm³/mol. The average molecular weight is 612 g/mol. The van der Waals surface area contributed by atoms with Crippen LogP contribution in [0.4, 0.5) is 0 Å². The van der Waals surface area contributed by atoms with Crippen LogP contribution in [0.15, 0.2) is 29.2 Å². The summed E-state index contributed by atoms with van der Waals surface area (Å²) >= 11 is 2.74. The van der Waals surface area contributed by atoms with Crippen LogP contribution in [-0.2, 0) is 14.3 Å². The normalized spacial score (nSPS) is 32.5. The molecule has 2 amide bonds. The van der Waals surface area contributed by atoms with E-state index >= 15 is 0 Å². The zero-order valence-electron chi connectivity index (χ0n) is 24.3. The van der Waals surface area contributed by atoms with E-state index in [0.29, 0.717) is 37.8 Å². The van der Waals surface area contributed by atoms with E-state index in [-0.39, 0.29) is 23.1 Å². The zero-order chi connectivity index (χ0) is 29.7. The maximum Gasteiger partial charge on any atom is 0.254 e. The Morgan fingerprint density at radius 2 is 1.78 bits per heavy atom. The number of ether oxygens (including phenoxy) is 2. The SMILES string of the molecule is CCC[C@@H]1C[C@@H](C(=O)N[C@@H]([C@H]2O[C@H](SC)[C@H](O)[C@@H](O)[C@H]2O)[C@H](C)Sc2ccc(C(=O)N3CCOCC3)cc2)N(C)C1. The molecule has 41 heavy (non-hydrogen) atoms. The Balaban J connectivity index is 1.51. The molecule has 3 aliphatic heterocycles. The third-order valence-corrected chi connectivity index (χ3v) is 10.4. The van der Waals surface area contributed by atoms with Gasteiger partial charge in [0.05, 0.1) is 25.3 Å². The van der Waals surface area contributed by atoms with Crippen molar-refractivity contribution in [1.82, 2.24) is 15.1 Å². The van der Waals surface area contributed by atoms with Gasteiger partial charge in [0.1, 0.15) is 29.9 Å². The monoisotopic (exact) mass is 611 g/mol. The summed E-state index contributed by atoms with van der Waals surface area (Å²) in [6.45, 7) is 7.18. The highest BCUT2D eigenvalue weighted by Gasteiger charge is 2.49. The smallest absolute Gasteiger partial charge is 0.254 e. The number of benzene rings is 1. The number of nitrogens with zero attached hydrogens (tertiary/aromatic N) is 2. The Labute approximate surface area is 251 Å². The third kappa shape index (κ3) is 7.77. The van der Waals surface area contributed by atoms with E-state index in [0.717, 1.165) is 30.7 Å². The number of likely N-dealkylation sites (tertiary alicyclic amines) is 1. The van der Waals surface area contributed by atoms with Gasteiger partial charge >= 0.3 is 0 Å². The molecule has 0 aliphatic carbocycles. The summed E-state index contributed by atoms with van der Waals surface area (Å²) < 4.78 is 11.5. The fraction of sp³-hybridized carbons (Fsp3) is 0.724. The summed E-state index contributed by atoms with van der Waals surface area (Å²) in [6, 6.07) is 6.43. The fourth-order valence-electron chi connectivity index (χ4n) is 6.03. The molecule has 0 radical (unpaired) electrons. The van der Waals surface area contributed by atoms with Crippen LogP contribution in [0.1, 0.15) is 43.5 Å². The van der Waals surface area contributed by atoms with Crippen LogP contribution in [-0.4, -0.2) is 130 Å². The van der Waals surface area contributed by atoms with E-state index in [9.17, 15) is 24.9 Å². The molecular weight excluding hydrogens is 566 g/mol. The highest BCUT2D eigenvalue weighted by Crippen LogP contribution is 2.34. The second-order valence-corrected chi connectivity index (χ2v) is 13.7. The molecule has 0 spiro atoms. The molecule has 1 aromatic rings. The summed E-state index contributed by atoms with van der Waals surface area (Å²) in [6.07, 6.45) is -0.300. The van der Waals surface area contributed by atoms with Gasteiger partial charge in [0.15, 0.2) is 0 Å². The molecular formula is C29H45N3O7S2. The maximum atomic E-state index is 13.6. The second kappa shape index (κ2) is 14.9. The topological polar surface area (TPSA) is 132 Å². The van der Waals surface area contributed by atoms with Crippen LogP contribution in [0.25, 0.3) is 0 Å². The molecule has 0 saturated carbocycles. The molecule has 9 atom stereocenters. The molecule has 3 heterocycles. The van der Waals surface area contributed by atoms with E-state index in [1.54, 1.807) is 23.3 Å². The van der Waals surface area contributed by atoms with Gasteiger partial charge in [0.2, 0.25) is 5.91 Å². The molecule has 3 saturated heterocycles. The van der Waals surface area contributed by atoms with Gasteiger partial charge in [-0.25, -0.2) is 0 Å². The van der Waals surface area contributed by atoms with Crippen molar-refractivity contribution < 1.29 is 34.4 Å². The van der Waals surface area contributed by atoms with Crippen LogP contribution in [0.3, 0.4) is 0 Å². The lowest BCUT2D eigenvalue weighted by Crippen LogP contribution is -2.65. The first-order chi connectivity index (χ1) is 19.6. The third-order valence-electron chi connectivity index (χ3n) is 8.36. The predicted octanol–water partition coefficient (Wildman–Crippen LogP) is 1.42. The number of nitrogens with one attached hydrogen (secondary N) is 1. The van der Waals surface area contributed by atoms with Crippen LogP contribution in [0.2, 0.25) is 0 Å². The van der Waals surface area contributed by atoms with Crippen molar-refractivity contribution in [3.05, 3.63) is 29.8 Å². The van der Waals surface area contributed by atoms with Crippen molar-refractivity contribution in [3.63, 3.8) is 0 Å². The minimum atomic E-state index is -1.41. The fourth-order valence-corrected chi connectivity index (χ4v) is 7.81. The van der Waals surface area contributed by atoms with E-state index < -0.39 is 35.9 Å². The molecule has 4 rings (SSSR count). The van der Waals surface area contributed by atoms with Crippen LogP contribution < -0.4 is 5.32 Å². The number of carbonyl (C=O) groups is 2. The summed E-state index contributed by atoms with van der Waals surface area (Å²) in [5, 5.41) is 35.0. The van der Waals surface area contributed by atoms with Gasteiger partial charge in [-0.05, 0) is 56.3 Å². The number of hydrogen-bond donors (Lipinski definition) is 4. The maximum absolute atomic E-state index is 13.6. The molecule has 3 aliphatic rings. The van der Waals surface area contributed by atoms with Crippen LogP contribution in [0.5, 0.6) is 0 Å². The number of aliphatic hydroxyl groups is 3.